The molecule has 0 aliphatic carbocycles. The number of hydrogen-bond donors (Lipinski definition) is 1. The van der Waals surface area contributed by atoms with Crippen LogP contribution in [0.25, 0.3) is 0 Å². The van der Waals surface area contributed by atoms with Crippen LogP contribution in [-0.2, 0) is 6.42 Å². The van der Waals surface area contributed by atoms with Crippen LogP contribution in [0.3, 0.4) is 0 Å². The van der Waals surface area contributed by atoms with Crippen LogP contribution in [0.4, 0.5) is 4.39 Å². The van der Waals surface area contributed by atoms with Crippen molar-refractivity contribution < 1.29 is 9.13 Å². The molecule has 17 heavy (non-hydrogen) atoms. The van der Waals surface area contributed by atoms with Crippen LogP contribution in [0.1, 0.15) is 24.8 Å². The third-order valence-electron chi connectivity index (χ3n) is 3.24. The molecule has 0 aromatic heterocycles. The minimum Gasteiger partial charge on any atom is -0.496 e. The third-order valence-corrected chi connectivity index (χ3v) is 3.85. The van der Waals surface area contributed by atoms with Gasteiger partial charge in [-0.25, -0.2) is 4.39 Å². The molecule has 1 saturated heterocycles. The zero-order valence-corrected chi connectivity index (χ0v) is 11.5. The first-order valence-electron chi connectivity index (χ1n) is 5.96. The fraction of sp³-hybridized carbons (Fsp3) is 0.538. The fourth-order valence-corrected chi connectivity index (χ4v) is 2.67. The van der Waals surface area contributed by atoms with E-state index in [-0.39, 0.29) is 5.82 Å². The predicted octanol–water partition coefficient (Wildman–Crippen LogP) is 3.28. The van der Waals surface area contributed by atoms with Gasteiger partial charge in [0, 0.05) is 11.6 Å². The predicted molar refractivity (Wildman–Crippen MR) is 70.0 cm³/mol. The molecule has 2 rings (SSSR count). The SMILES string of the molecule is COc1ccc(Br)c(F)c1CC1CCCCN1. The van der Waals surface area contributed by atoms with Gasteiger partial charge in [0.05, 0.1) is 11.6 Å². The van der Waals surface area contributed by atoms with Crippen molar-refractivity contribution in [2.75, 3.05) is 13.7 Å². The van der Waals surface area contributed by atoms with Crippen molar-refractivity contribution in [2.45, 2.75) is 31.7 Å². The Morgan fingerprint density at radius 3 is 2.94 bits per heavy atom. The van der Waals surface area contributed by atoms with Crippen molar-refractivity contribution in [3.05, 3.63) is 28.0 Å². The first-order chi connectivity index (χ1) is 8.22. The standard InChI is InChI=1S/C13H17BrFNO/c1-17-12-6-5-11(14)13(15)10(12)8-9-4-2-3-7-16-9/h5-6,9,16H,2-4,7-8H2,1H3. The average molecular weight is 302 g/mol. The summed E-state index contributed by atoms with van der Waals surface area (Å²) < 4.78 is 19.8. The van der Waals surface area contributed by atoms with Crippen LogP contribution in [0.15, 0.2) is 16.6 Å². The molecule has 1 aromatic rings. The molecule has 0 saturated carbocycles. The van der Waals surface area contributed by atoms with Crippen molar-refractivity contribution in [3.8, 4) is 5.75 Å². The Morgan fingerprint density at radius 1 is 1.47 bits per heavy atom. The second kappa shape index (κ2) is 5.83. The summed E-state index contributed by atoms with van der Waals surface area (Å²) in [7, 11) is 1.58. The Balaban J connectivity index is 2.20. The monoisotopic (exact) mass is 301 g/mol. The van der Waals surface area contributed by atoms with Gasteiger partial charge in [0.25, 0.3) is 0 Å². The van der Waals surface area contributed by atoms with Crippen molar-refractivity contribution in [2.24, 2.45) is 0 Å². The molecule has 2 nitrogen and oxygen atoms in total. The highest BCUT2D eigenvalue weighted by atomic mass is 79.9. The van der Waals surface area contributed by atoms with E-state index in [2.05, 4.69) is 21.2 Å². The van der Waals surface area contributed by atoms with Gasteiger partial charge in [-0.1, -0.05) is 6.42 Å². The van der Waals surface area contributed by atoms with Gasteiger partial charge < -0.3 is 10.1 Å². The van der Waals surface area contributed by atoms with Crippen LogP contribution < -0.4 is 10.1 Å². The number of halogens is 2. The van der Waals surface area contributed by atoms with Crippen molar-refractivity contribution in [1.82, 2.24) is 5.32 Å². The van der Waals surface area contributed by atoms with Gasteiger partial charge in [0.15, 0.2) is 0 Å². The van der Waals surface area contributed by atoms with Gasteiger partial charge in [0.2, 0.25) is 0 Å². The summed E-state index contributed by atoms with van der Waals surface area (Å²) in [5, 5.41) is 3.43. The Labute approximate surface area is 110 Å². The lowest BCUT2D eigenvalue weighted by molar-refractivity contribution is 0.374. The van der Waals surface area contributed by atoms with E-state index in [4.69, 9.17) is 4.74 Å². The molecule has 1 heterocycles. The van der Waals surface area contributed by atoms with Gasteiger partial charge in [0.1, 0.15) is 11.6 Å². The van der Waals surface area contributed by atoms with E-state index < -0.39 is 0 Å². The second-order valence-electron chi connectivity index (χ2n) is 4.39. The highest BCUT2D eigenvalue weighted by Gasteiger charge is 2.19. The number of ether oxygens (including phenoxy) is 1. The van der Waals surface area contributed by atoms with Gasteiger partial charge in [-0.15, -0.1) is 0 Å². The van der Waals surface area contributed by atoms with Gasteiger partial charge in [-0.05, 0) is 53.9 Å². The minimum absolute atomic E-state index is 0.197. The summed E-state index contributed by atoms with van der Waals surface area (Å²) in [5.41, 5.74) is 0.668. The second-order valence-corrected chi connectivity index (χ2v) is 5.25. The van der Waals surface area contributed by atoms with Crippen molar-refractivity contribution >= 4 is 15.9 Å². The smallest absolute Gasteiger partial charge is 0.144 e. The summed E-state index contributed by atoms with van der Waals surface area (Å²) in [6.45, 7) is 1.03. The first-order valence-corrected chi connectivity index (χ1v) is 6.76. The Bertz CT molecular complexity index is 391. The molecular formula is C13H17BrFNO. The number of nitrogens with one attached hydrogen (secondary N) is 1. The quantitative estimate of drug-likeness (QED) is 0.925. The molecular weight excluding hydrogens is 285 g/mol. The molecule has 94 valence electrons. The normalized spacial score (nSPS) is 20.3. The Hall–Kier alpha value is -0.610. The van der Waals surface area contributed by atoms with E-state index in [1.54, 1.807) is 13.2 Å². The van der Waals surface area contributed by atoms with E-state index in [0.29, 0.717) is 28.2 Å². The summed E-state index contributed by atoms with van der Waals surface area (Å²) in [4.78, 5) is 0. The van der Waals surface area contributed by atoms with E-state index in [9.17, 15) is 4.39 Å². The van der Waals surface area contributed by atoms with Crippen LogP contribution >= 0.6 is 15.9 Å². The molecule has 1 aromatic carbocycles. The topological polar surface area (TPSA) is 21.3 Å². The Morgan fingerprint density at radius 2 is 2.29 bits per heavy atom. The molecule has 1 N–H and O–H groups in total. The number of rotatable bonds is 3. The average Bonchev–Trinajstić information content (AvgIpc) is 2.37. The van der Waals surface area contributed by atoms with Crippen LogP contribution in [0.2, 0.25) is 0 Å². The zero-order valence-electron chi connectivity index (χ0n) is 9.93. The molecule has 1 atom stereocenters. The van der Waals surface area contributed by atoms with Crippen molar-refractivity contribution in [1.29, 1.82) is 0 Å². The molecule has 0 bridgehead atoms. The van der Waals surface area contributed by atoms with Crippen LogP contribution in [-0.4, -0.2) is 19.7 Å². The van der Waals surface area contributed by atoms with Crippen molar-refractivity contribution in [3.63, 3.8) is 0 Å². The number of hydrogen-bond acceptors (Lipinski definition) is 2. The van der Waals surface area contributed by atoms with Crippen LogP contribution in [0.5, 0.6) is 5.75 Å². The van der Waals surface area contributed by atoms with Gasteiger partial charge in [-0.3, -0.25) is 0 Å². The maximum atomic E-state index is 14.0. The lowest BCUT2D eigenvalue weighted by Gasteiger charge is -2.24. The van der Waals surface area contributed by atoms with Gasteiger partial charge in [-0.2, -0.15) is 0 Å². The number of methoxy groups -OCH3 is 1. The zero-order chi connectivity index (χ0) is 12.3. The highest BCUT2D eigenvalue weighted by Crippen LogP contribution is 2.29. The number of benzene rings is 1. The van der Waals surface area contributed by atoms with E-state index in [1.807, 2.05) is 6.07 Å². The maximum Gasteiger partial charge on any atom is 0.144 e. The minimum atomic E-state index is -0.197. The fourth-order valence-electron chi connectivity index (χ4n) is 2.30. The maximum absolute atomic E-state index is 14.0. The van der Waals surface area contributed by atoms with E-state index in [1.165, 1.54) is 12.8 Å². The summed E-state index contributed by atoms with van der Waals surface area (Å²) in [5.74, 6) is 0.440. The first kappa shape index (κ1) is 12.8. The molecule has 1 aliphatic rings. The lowest BCUT2D eigenvalue weighted by atomic mass is 9.97. The molecule has 0 radical (unpaired) electrons. The summed E-state index contributed by atoms with van der Waals surface area (Å²) in [6, 6.07) is 3.86. The highest BCUT2D eigenvalue weighted by molar-refractivity contribution is 9.10. The molecule has 1 fully saturated rings. The molecule has 0 spiro atoms. The largest absolute Gasteiger partial charge is 0.496 e. The number of piperidine rings is 1. The van der Waals surface area contributed by atoms with Crippen LogP contribution in [0, 0.1) is 5.82 Å². The Kier molecular flexibility index (Phi) is 4.40. The summed E-state index contributed by atoms with van der Waals surface area (Å²) >= 11 is 3.22. The molecule has 4 heteroatoms. The van der Waals surface area contributed by atoms with E-state index in [0.717, 1.165) is 13.0 Å². The third kappa shape index (κ3) is 2.99. The van der Waals surface area contributed by atoms with E-state index >= 15 is 0 Å². The summed E-state index contributed by atoms with van der Waals surface area (Å²) in [6.07, 6.45) is 4.23. The lowest BCUT2D eigenvalue weighted by Crippen LogP contribution is -2.35. The molecule has 1 unspecified atom stereocenters. The molecule has 0 amide bonds. The van der Waals surface area contributed by atoms with Gasteiger partial charge >= 0.3 is 0 Å². The molecule has 1 aliphatic heterocycles.